The molecule has 0 saturated heterocycles. The zero-order chi connectivity index (χ0) is 22.7. The summed E-state index contributed by atoms with van der Waals surface area (Å²) in [6.45, 7) is 2.46. The third-order valence-electron chi connectivity index (χ3n) is 5.21. The highest BCUT2D eigenvalue weighted by atomic mass is 35.5. The van der Waals surface area contributed by atoms with E-state index < -0.39 is 11.8 Å². The lowest BCUT2D eigenvalue weighted by Gasteiger charge is -2.08. The first kappa shape index (κ1) is 27.4. The van der Waals surface area contributed by atoms with E-state index in [2.05, 4.69) is 6.92 Å². The molecule has 0 aliphatic rings. The molecule has 1 aromatic carbocycles. The molecule has 0 N–H and O–H groups in total. The minimum Gasteiger partial charge on any atom is -0.466 e. The highest BCUT2D eigenvalue weighted by molar-refractivity contribution is 6.31. The van der Waals surface area contributed by atoms with Crippen molar-refractivity contribution in [3.63, 3.8) is 0 Å². The predicted octanol–water partition coefficient (Wildman–Crippen LogP) is 7.55. The molecule has 0 heterocycles. The molecule has 1 aromatic rings. The number of rotatable bonds is 18. The lowest BCUT2D eigenvalue weighted by atomic mass is 10.1. The summed E-state index contributed by atoms with van der Waals surface area (Å²) >= 11 is 5.89. The quantitative estimate of drug-likeness (QED) is 0.169. The summed E-state index contributed by atoms with van der Waals surface area (Å²) < 4.78 is 23.9. The van der Waals surface area contributed by atoms with Crippen molar-refractivity contribution >= 4 is 23.5 Å². The van der Waals surface area contributed by atoms with Crippen LogP contribution in [0.4, 0.5) is 4.39 Å². The number of benzene rings is 1. The third-order valence-corrected chi connectivity index (χ3v) is 5.57. The number of ether oxygens (including phenoxy) is 2. The Morgan fingerprint density at radius 3 is 1.94 bits per heavy atom. The van der Waals surface area contributed by atoms with E-state index in [1.54, 1.807) is 6.07 Å². The second-order valence-corrected chi connectivity index (χ2v) is 8.38. The first-order valence-electron chi connectivity index (χ1n) is 11.8. The van der Waals surface area contributed by atoms with Crippen molar-refractivity contribution in [2.24, 2.45) is 0 Å². The van der Waals surface area contributed by atoms with E-state index in [9.17, 15) is 14.0 Å². The van der Waals surface area contributed by atoms with Gasteiger partial charge in [0.15, 0.2) is 0 Å². The van der Waals surface area contributed by atoms with Crippen molar-refractivity contribution in [2.45, 2.75) is 103 Å². The van der Waals surface area contributed by atoms with Crippen molar-refractivity contribution in [1.29, 1.82) is 0 Å². The Labute approximate surface area is 191 Å². The highest BCUT2D eigenvalue weighted by Gasteiger charge is 2.11. The molecule has 0 saturated carbocycles. The van der Waals surface area contributed by atoms with E-state index in [4.69, 9.17) is 21.1 Å². The van der Waals surface area contributed by atoms with Crippen LogP contribution < -0.4 is 0 Å². The molecule has 0 radical (unpaired) electrons. The fourth-order valence-electron chi connectivity index (χ4n) is 3.30. The minimum atomic E-state index is -0.508. The standard InChI is InChI=1S/C25H38ClFO4/c1-2-3-4-5-6-7-8-9-10-11-12-19-30-24(28)17-14-18-25(29)31-20-21-22(26)15-13-16-23(21)27/h13,15-16H,2-12,14,17-20H2,1H3. The second-order valence-electron chi connectivity index (χ2n) is 7.97. The number of carbonyl (C=O) groups is 2. The Morgan fingerprint density at radius 2 is 1.35 bits per heavy atom. The molecule has 176 valence electrons. The van der Waals surface area contributed by atoms with E-state index in [0.29, 0.717) is 13.0 Å². The number of halogens is 2. The van der Waals surface area contributed by atoms with E-state index in [-0.39, 0.29) is 36.0 Å². The van der Waals surface area contributed by atoms with Crippen LogP contribution in [0.3, 0.4) is 0 Å². The second kappa shape index (κ2) is 18.0. The maximum Gasteiger partial charge on any atom is 0.306 e. The van der Waals surface area contributed by atoms with Crippen molar-refractivity contribution in [3.05, 3.63) is 34.6 Å². The fourth-order valence-corrected chi connectivity index (χ4v) is 3.51. The van der Waals surface area contributed by atoms with Gasteiger partial charge in [0.1, 0.15) is 12.4 Å². The Morgan fingerprint density at radius 1 is 0.806 bits per heavy atom. The number of esters is 2. The molecule has 0 aliphatic heterocycles. The van der Waals surface area contributed by atoms with Gasteiger partial charge in [-0.25, -0.2) is 4.39 Å². The number of hydrogen-bond donors (Lipinski definition) is 0. The van der Waals surface area contributed by atoms with Crippen LogP contribution in [0.5, 0.6) is 0 Å². The maximum atomic E-state index is 13.6. The average molecular weight is 457 g/mol. The molecule has 0 aliphatic carbocycles. The van der Waals surface area contributed by atoms with Crippen molar-refractivity contribution in [3.8, 4) is 0 Å². The molecular formula is C25H38ClFO4. The summed E-state index contributed by atoms with van der Waals surface area (Å²) in [5.74, 6) is -1.29. The Balaban J connectivity index is 1.94. The zero-order valence-electron chi connectivity index (χ0n) is 18.9. The number of unbranched alkanes of at least 4 members (excludes halogenated alkanes) is 10. The van der Waals surface area contributed by atoms with E-state index in [1.165, 1.54) is 69.9 Å². The van der Waals surface area contributed by atoms with Crippen LogP contribution in [-0.4, -0.2) is 18.5 Å². The van der Waals surface area contributed by atoms with E-state index in [0.717, 1.165) is 12.8 Å². The van der Waals surface area contributed by atoms with Gasteiger partial charge in [-0.3, -0.25) is 9.59 Å². The molecule has 0 aromatic heterocycles. The van der Waals surface area contributed by atoms with Crippen LogP contribution in [0.25, 0.3) is 0 Å². The van der Waals surface area contributed by atoms with E-state index >= 15 is 0 Å². The summed E-state index contributed by atoms with van der Waals surface area (Å²) in [5, 5.41) is 0.221. The van der Waals surface area contributed by atoms with Crippen molar-refractivity contribution in [2.75, 3.05) is 6.61 Å². The largest absolute Gasteiger partial charge is 0.466 e. The third kappa shape index (κ3) is 14.1. The molecule has 0 fully saturated rings. The molecule has 4 nitrogen and oxygen atoms in total. The summed E-state index contributed by atoms with van der Waals surface area (Å²) in [6, 6.07) is 4.30. The van der Waals surface area contributed by atoms with Crippen LogP contribution in [-0.2, 0) is 25.7 Å². The Bertz CT molecular complexity index is 616. The van der Waals surface area contributed by atoms with Gasteiger partial charge in [-0.1, -0.05) is 88.8 Å². The summed E-state index contributed by atoms with van der Waals surface area (Å²) in [7, 11) is 0. The van der Waals surface area contributed by atoms with Crippen LogP contribution in [0.15, 0.2) is 18.2 Å². The van der Waals surface area contributed by atoms with Gasteiger partial charge >= 0.3 is 11.9 Å². The van der Waals surface area contributed by atoms with Crippen molar-refractivity contribution in [1.82, 2.24) is 0 Å². The molecule has 1 rings (SSSR count). The molecular weight excluding hydrogens is 419 g/mol. The van der Waals surface area contributed by atoms with Gasteiger partial charge in [0, 0.05) is 18.4 Å². The van der Waals surface area contributed by atoms with E-state index in [1.807, 2.05) is 0 Å². The van der Waals surface area contributed by atoms with Gasteiger partial charge in [0.25, 0.3) is 0 Å². The molecule has 0 spiro atoms. The highest BCUT2D eigenvalue weighted by Crippen LogP contribution is 2.20. The van der Waals surface area contributed by atoms with Gasteiger partial charge in [-0.15, -0.1) is 0 Å². The normalized spacial score (nSPS) is 10.8. The lowest BCUT2D eigenvalue weighted by Crippen LogP contribution is -2.09. The minimum absolute atomic E-state index is 0.0830. The molecule has 0 bridgehead atoms. The maximum absolute atomic E-state index is 13.6. The number of hydrogen-bond acceptors (Lipinski definition) is 4. The lowest BCUT2D eigenvalue weighted by molar-refractivity contribution is -0.146. The van der Waals surface area contributed by atoms with Gasteiger partial charge < -0.3 is 9.47 Å². The molecule has 0 amide bonds. The number of carbonyl (C=O) groups excluding carboxylic acids is 2. The smallest absolute Gasteiger partial charge is 0.306 e. The summed E-state index contributed by atoms with van der Waals surface area (Å²) in [6.07, 6.45) is 14.4. The molecule has 0 atom stereocenters. The van der Waals surface area contributed by atoms with Gasteiger partial charge in [0.05, 0.1) is 11.6 Å². The summed E-state index contributed by atoms with van der Waals surface area (Å²) in [4.78, 5) is 23.5. The van der Waals surface area contributed by atoms with Crippen molar-refractivity contribution < 1.29 is 23.5 Å². The first-order chi connectivity index (χ1) is 15.0. The first-order valence-corrected chi connectivity index (χ1v) is 12.2. The SMILES string of the molecule is CCCCCCCCCCCCCOC(=O)CCCC(=O)OCc1c(F)cccc1Cl. The average Bonchev–Trinajstić information content (AvgIpc) is 2.74. The Hall–Kier alpha value is -1.62. The van der Waals surface area contributed by atoms with Crippen LogP contribution in [0.2, 0.25) is 5.02 Å². The van der Waals surface area contributed by atoms with Crippen LogP contribution in [0, 0.1) is 5.82 Å². The fraction of sp³-hybridized carbons (Fsp3) is 0.680. The van der Waals surface area contributed by atoms with Gasteiger partial charge in [-0.2, -0.15) is 0 Å². The summed E-state index contributed by atoms with van der Waals surface area (Å²) in [5.41, 5.74) is 0.156. The Kier molecular flexibility index (Phi) is 15.9. The predicted molar refractivity (Wildman–Crippen MR) is 122 cm³/mol. The van der Waals surface area contributed by atoms with Gasteiger partial charge in [-0.05, 0) is 25.0 Å². The monoisotopic (exact) mass is 456 g/mol. The molecule has 31 heavy (non-hydrogen) atoms. The zero-order valence-corrected chi connectivity index (χ0v) is 19.7. The van der Waals surface area contributed by atoms with Crippen LogP contribution in [0.1, 0.15) is 102 Å². The van der Waals surface area contributed by atoms with Gasteiger partial charge in [0.2, 0.25) is 0 Å². The van der Waals surface area contributed by atoms with Crippen LogP contribution >= 0.6 is 11.6 Å². The molecule has 6 heteroatoms. The topological polar surface area (TPSA) is 52.6 Å². The molecule has 0 unspecified atom stereocenters.